The van der Waals surface area contributed by atoms with Crippen molar-refractivity contribution in [2.24, 2.45) is 0 Å². The van der Waals surface area contributed by atoms with Crippen LogP contribution in [-0.2, 0) is 0 Å². The third-order valence-electron chi connectivity index (χ3n) is 5.40. The van der Waals surface area contributed by atoms with Crippen molar-refractivity contribution in [2.75, 3.05) is 5.43 Å². The van der Waals surface area contributed by atoms with E-state index in [0.717, 1.165) is 35.2 Å². The Kier molecular flexibility index (Phi) is 6.82. The summed E-state index contributed by atoms with van der Waals surface area (Å²) in [6, 6.07) is 12.7. The van der Waals surface area contributed by atoms with Gasteiger partial charge < -0.3 is 9.47 Å². The van der Waals surface area contributed by atoms with Crippen molar-refractivity contribution >= 4 is 48.5 Å². The van der Waals surface area contributed by atoms with Gasteiger partial charge in [-0.15, -0.1) is 0 Å². The number of anilines is 1. The quantitative estimate of drug-likeness (QED) is 0.189. The molecule has 5 aromatic rings. The molecule has 0 aliphatic rings. The van der Waals surface area contributed by atoms with Crippen LogP contribution in [0.15, 0.2) is 75.8 Å². The van der Waals surface area contributed by atoms with Gasteiger partial charge in [0.15, 0.2) is 23.1 Å². The highest BCUT2D eigenvalue weighted by atomic mass is 79.9. The number of rotatable bonds is 6. The van der Waals surface area contributed by atoms with Gasteiger partial charge in [-0.3, -0.25) is 5.43 Å². The predicted octanol–water partition coefficient (Wildman–Crippen LogP) is 8.89. The standard InChI is InChI=1S/C26H15Br2F4N3O2/c1-13-19(27)8-16(36-25-4-2-14(29)6-21(25)31)10-23(13)34-35-24-11-17(9-20(28)18(24)12-33-35)37-26-5-3-15(30)7-22(26)32/h2-12,34H,1H3. The van der Waals surface area contributed by atoms with E-state index >= 15 is 0 Å². The van der Waals surface area contributed by atoms with Gasteiger partial charge in [-0.2, -0.15) is 9.89 Å². The molecule has 0 saturated heterocycles. The van der Waals surface area contributed by atoms with E-state index in [2.05, 4.69) is 42.4 Å². The van der Waals surface area contributed by atoms with E-state index in [0.29, 0.717) is 25.9 Å². The molecule has 0 atom stereocenters. The first-order chi connectivity index (χ1) is 17.7. The smallest absolute Gasteiger partial charge is 0.168 e. The summed E-state index contributed by atoms with van der Waals surface area (Å²) in [5.41, 5.74) is 5.12. The molecule has 4 aromatic carbocycles. The molecule has 188 valence electrons. The monoisotopic (exact) mass is 635 g/mol. The van der Waals surface area contributed by atoms with Crippen molar-refractivity contribution in [2.45, 2.75) is 6.92 Å². The van der Waals surface area contributed by atoms with Crippen LogP contribution < -0.4 is 14.9 Å². The average molecular weight is 637 g/mol. The van der Waals surface area contributed by atoms with Gasteiger partial charge in [0.1, 0.15) is 23.1 Å². The number of nitrogens with zero attached hydrogens (tertiary/aromatic N) is 2. The molecule has 1 aromatic heterocycles. The first-order valence-electron chi connectivity index (χ1n) is 10.7. The molecule has 0 spiro atoms. The molecule has 0 amide bonds. The van der Waals surface area contributed by atoms with Crippen LogP contribution in [0, 0.1) is 30.2 Å². The maximum absolute atomic E-state index is 14.1. The molecule has 0 fully saturated rings. The first-order valence-corrected chi connectivity index (χ1v) is 12.3. The van der Waals surface area contributed by atoms with Gasteiger partial charge >= 0.3 is 0 Å². The van der Waals surface area contributed by atoms with E-state index in [4.69, 9.17) is 9.47 Å². The predicted molar refractivity (Wildman–Crippen MR) is 138 cm³/mol. The van der Waals surface area contributed by atoms with Crippen molar-refractivity contribution < 1.29 is 27.0 Å². The van der Waals surface area contributed by atoms with Crippen molar-refractivity contribution in [1.82, 2.24) is 9.89 Å². The number of aromatic nitrogens is 2. The maximum Gasteiger partial charge on any atom is 0.168 e. The summed E-state index contributed by atoms with van der Waals surface area (Å²) in [5, 5.41) is 5.11. The maximum atomic E-state index is 14.1. The van der Waals surface area contributed by atoms with Crippen LogP contribution in [0.5, 0.6) is 23.0 Å². The van der Waals surface area contributed by atoms with E-state index < -0.39 is 23.3 Å². The zero-order chi connectivity index (χ0) is 26.3. The zero-order valence-corrected chi connectivity index (χ0v) is 22.0. The lowest BCUT2D eigenvalue weighted by molar-refractivity contribution is 0.437. The zero-order valence-electron chi connectivity index (χ0n) is 18.8. The van der Waals surface area contributed by atoms with Crippen LogP contribution in [0.4, 0.5) is 23.2 Å². The molecule has 1 heterocycles. The van der Waals surface area contributed by atoms with Gasteiger partial charge in [0.2, 0.25) is 0 Å². The summed E-state index contributed by atoms with van der Waals surface area (Å²) < 4.78 is 67.3. The number of benzene rings is 4. The lowest BCUT2D eigenvalue weighted by atomic mass is 10.2. The number of fused-ring (bicyclic) bond motifs is 1. The van der Waals surface area contributed by atoms with Gasteiger partial charge in [-0.05, 0) is 64.8 Å². The Morgan fingerprint density at radius 1 is 0.757 bits per heavy atom. The van der Waals surface area contributed by atoms with Crippen LogP contribution in [0.1, 0.15) is 5.56 Å². The molecule has 5 rings (SSSR count). The number of hydrogen-bond acceptors (Lipinski definition) is 4. The van der Waals surface area contributed by atoms with Crippen LogP contribution in [0.3, 0.4) is 0 Å². The normalized spacial score (nSPS) is 11.1. The lowest BCUT2D eigenvalue weighted by Crippen LogP contribution is -2.12. The van der Waals surface area contributed by atoms with Gasteiger partial charge in [0.05, 0.1) is 17.4 Å². The van der Waals surface area contributed by atoms with Crippen LogP contribution in [-0.4, -0.2) is 9.89 Å². The summed E-state index contributed by atoms with van der Waals surface area (Å²) in [4.78, 5) is 1.48. The van der Waals surface area contributed by atoms with Gasteiger partial charge in [0, 0.05) is 38.6 Å². The van der Waals surface area contributed by atoms with Crippen molar-refractivity contribution in [1.29, 1.82) is 0 Å². The summed E-state index contributed by atoms with van der Waals surface area (Å²) >= 11 is 6.95. The topological polar surface area (TPSA) is 48.3 Å². The minimum atomic E-state index is -0.835. The lowest BCUT2D eigenvalue weighted by Gasteiger charge is -2.15. The Morgan fingerprint density at radius 3 is 1.92 bits per heavy atom. The third kappa shape index (κ3) is 5.28. The Labute approximate surface area is 224 Å². The second-order valence-electron chi connectivity index (χ2n) is 7.94. The van der Waals surface area contributed by atoms with E-state index in [9.17, 15) is 17.6 Å². The largest absolute Gasteiger partial charge is 0.454 e. The van der Waals surface area contributed by atoms with E-state index in [1.807, 2.05) is 6.92 Å². The molecule has 0 aliphatic carbocycles. The van der Waals surface area contributed by atoms with Crippen LogP contribution in [0.25, 0.3) is 10.9 Å². The fourth-order valence-electron chi connectivity index (χ4n) is 3.52. The minimum absolute atomic E-state index is 0.133. The second kappa shape index (κ2) is 10.1. The van der Waals surface area contributed by atoms with E-state index in [1.165, 1.54) is 16.9 Å². The van der Waals surface area contributed by atoms with Crippen LogP contribution >= 0.6 is 31.9 Å². The fourth-order valence-corrected chi connectivity index (χ4v) is 4.49. The molecule has 0 bridgehead atoms. The Bertz CT molecular complexity index is 1660. The van der Waals surface area contributed by atoms with E-state index in [-0.39, 0.29) is 17.2 Å². The van der Waals surface area contributed by atoms with Gasteiger partial charge in [-0.25, -0.2) is 17.6 Å². The summed E-state index contributed by atoms with van der Waals surface area (Å²) in [6.07, 6.45) is 1.62. The molecule has 0 radical (unpaired) electrons. The molecule has 5 nitrogen and oxygen atoms in total. The molecule has 37 heavy (non-hydrogen) atoms. The number of ether oxygens (including phenoxy) is 2. The molecular formula is C26H15Br2F4N3O2. The van der Waals surface area contributed by atoms with Crippen molar-refractivity contribution in [3.8, 4) is 23.0 Å². The SMILES string of the molecule is Cc1c(Br)cc(Oc2ccc(F)cc2F)cc1Nn1ncc2c(Br)cc(Oc3ccc(F)cc3F)cc21. The summed E-state index contributed by atoms with van der Waals surface area (Å²) in [7, 11) is 0. The van der Waals surface area contributed by atoms with Gasteiger partial charge in [0.25, 0.3) is 0 Å². The summed E-state index contributed by atoms with van der Waals surface area (Å²) in [6.45, 7) is 1.85. The molecule has 0 saturated carbocycles. The Hall–Kier alpha value is -3.57. The highest BCUT2D eigenvalue weighted by Crippen LogP contribution is 2.36. The molecule has 1 N–H and O–H groups in total. The molecule has 11 heteroatoms. The fraction of sp³-hybridized carbons (Fsp3) is 0.0385. The molecule has 0 unspecified atom stereocenters. The highest BCUT2D eigenvalue weighted by Gasteiger charge is 2.15. The average Bonchev–Trinajstić information content (AvgIpc) is 3.24. The third-order valence-corrected chi connectivity index (χ3v) is 6.88. The summed E-state index contributed by atoms with van der Waals surface area (Å²) in [5.74, 6) is -2.78. The molecular weight excluding hydrogens is 622 g/mol. The van der Waals surface area contributed by atoms with Crippen molar-refractivity contribution in [3.63, 3.8) is 0 Å². The highest BCUT2D eigenvalue weighted by molar-refractivity contribution is 9.11. The van der Waals surface area contributed by atoms with E-state index in [1.54, 1.807) is 30.5 Å². The first kappa shape index (κ1) is 25.1. The molecule has 0 aliphatic heterocycles. The van der Waals surface area contributed by atoms with Gasteiger partial charge in [-0.1, -0.05) is 15.9 Å². The van der Waals surface area contributed by atoms with Crippen LogP contribution in [0.2, 0.25) is 0 Å². The minimum Gasteiger partial charge on any atom is -0.454 e. The number of nitrogens with one attached hydrogen (secondary N) is 1. The number of halogens is 6. The van der Waals surface area contributed by atoms with Crippen molar-refractivity contribution in [3.05, 3.63) is 105 Å². The Morgan fingerprint density at radius 2 is 1.32 bits per heavy atom. The number of hydrogen-bond donors (Lipinski definition) is 1. The second-order valence-corrected chi connectivity index (χ2v) is 9.65. The Balaban J connectivity index is 1.48.